The van der Waals surface area contributed by atoms with Crippen molar-refractivity contribution >= 4 is 6.21 Å². The third-order valence-electron chi connectivity index (χ3n) is 2.40. The molecular weight excluding hydrogens is 244 g/mol. The molecule has 19 heavy (non-hydrogen) atoms. The van der Waals surface area contributed by atoms with Crippen LogP contribution in [0.2, 0.25) is 0 Å². The lowest BCUT2D eigenvalue weighted by Crippen LogP contribution is -1.98. The Morgan fingerprint density at radius 2 is 2.05 bits per heavy atom. The first-order valence-electron chi connectivity index (χ1n) is 6.03. The summed E-state index contributed by atoms with van der Waals surface area (Å²) < 4.78 is 12.4. The fourth-order valence-corrected chi connectivity index (χ4v) is 1.48. The maximum absolute atomic E-state index is 5.59. The molecule has 6 nitrogen and oxygen atoms in total. The zero-order valence-electron chi connectivity index (χ0n) is 11.0. The van der Waals surface area contributed by atoms with Gasteiger partial charge in [0.1, 0.15) is 12.7 Å². The Bertz CT molecular complexity index is 538. The predicted octanol–water partition coefficient (Wildman–Crippen LogP) is 1.96. The van der Waals surface area contributed by atoms with E-state index >= 15 is 0 Å². The number of methoxy groups -OCH3 is 1. The monoisotopic (exact) mass is 260 g/mol. The Morgan fingerprint density at radius 3 is 2.74 bits per heavy atom. The van der Waals surface area contributed by atoms with Gasteiger partial charge in [-0.3, -0.25) is 0 Å². The summed E-state index contributed by atoms with van der Waals surface area (Å²) in [6.45, 7) is 2.73. The van der Waals surface area contributed by atoms with Gasteiger partial charge in [0.2, 0.25) is 0 Å². The maximum atomic E-state index is 5.59. The van der Waals surface area contributed by atoms with Crippen molar-refractivity contribution in [3.8, 4) is 11.5 Å². The summed E-state index contributed by atoms with van der Waals surface area (Å²) in [6, 6.07) is 5.67. The molecule has 0 atom stereocenters. The Hall–Kier alpha value is -2.37. The van der Waals surface area contributed by atoms with Crippen molar-refractivity contribution in [2.45, 2.75) is 13.3 Å². The van der Waals surface area contributed by atoms with E-state index in [0.717, 1.165) is 17.7 Å². The van der Waals surface area contributed by atoms with Crippen molar-refractivity contribution in [2.75, 3.05) is 13.7 Å². The highest BCUT2D eigenvalue weighted by molar-refractivity contribution is 5.80. The molecule has 0 spiro atoms. The molecule has 0 unspecified atom stereocenters. The average molecular weight is 260 g/mol. The SMILES string of the molecule is CCCOc1ccc(/C=N/n2cnnc2)cc1OC. The van der Waals surface area contributed by atoms with Crippen LogP contribution in [0.25, 0.3) is 0 Å². The molecule has 1 aromatic heterocycles. The van der Waals surface area contributed by atoms with E-state index in [-0.39, 0.29) is 0 Å². The minimum atomic E-state index is 0.671. The number of rotatable bonds is 6. The van der Waals surface area contributed by atoms with Gasteiger partial charge in [-0.05, 0) is 30.2 Å². The average Bonchev–Trinajstić information content (AvgIpc) is 2.96. The molecule has 0 fully saturated rings. The van der Waals surface area contributed by atoms with Crippen LogP contribution in [-0.2, 0) is 0 Å². The van der Waals surface area contributed by atoms with E-state index in [4.69, 9.17) is 9.47 Å². The molecule has 2 aromatic rings. The fraction of sp³-hybridized carbons (Fsp3) is 0.308. The van der Waals surface area contributed by atoms with Gasteiger partial charge in [-0.15, -0.1) is 10.2 Å². The molecule has 0 bridgehead atoms. The highest BCUT2D eigenvalue weighted by Crippen LogP contribution is 2.27. The minimum Gasteiger partial charge on any atom is -0.493 e. The molecule has 1 aromatic carbocycles. The number of aromatic nitrogens is 3. The van der Waals surface area contributed by atoms with Crippen molar-refractivity contribution in [1.29, 1.82) is 0 Å². The van der Waals surface area contributed by atoms with Gasteiger partial charge in [0, 0.05) is 0 Å². The second-order valence-corrected chi connectivity index (χ2v) is 3.85. The van der Waals surface area contributed by atoms with Gasteiger partial charge in [0.05, 0.1) is 19.9 Å². The van der Waals surface area contributed by atoms with Crippen LogP contribution < -0.4 is 9.47 Å². The number of nitrogens with zero attached hydrogens (tertiary/aromatic N) is 4. The molecule has 0 N–H and O–H groups in total. The Labute approximate surface area is 111 Å². The second-order valence-electron chi connectivity index (χ2n) is 3.85. The van der Waals surface area contributed by atoms with E-state index in [0.29, 0.717) is 12.4 Å². The van der Waals surface area contributed by atoms with Crippen LogP contribution in [0, 0.1) is 0 Å². The number of ether oxygens (including phenoxy) is 2. The summed E-state index contributed by atoms with van der Waals surface area (Å²) >= 11 is 0. The van der Waals surface area contributed by atoms with E-state index in [1.807, 2.05) is 18.2 Å². The predicted molar refractivity (Wildman–Crippen MR) is 71.8 cm³/mol. The first-order valence-corrected chi connectivity index (χ1v) is 6.03. The maximum Gasteiger partial charge on any atom is 0.161 e. The summed E-state index contributed by atoms with van der Waals surface area (Å²) in [4.78, 5) is 0. The van der Waals surface area contributed by atoms with Gasteiger partial charge in [0.25, 0.3) is 0 Å². The Morgan fingerprint density at radius 1 is 1.26 bits per heavy atom. The van der Waals surface area contributed by atoms with Gasteiger partial charge in [0.15, 0.2) is 11.5 Å². The first kappa shape index (κ1) is 13.1. The third kappa shape index (κ3) is 3.54. The van der Waals surface area contributed by atoms with Crippen LogP contribution in [0.15, 0.2) is 36.0 Å². The molecule has 0 aliphatic carbocycles. The van der Waals surface area contributed by atoms with Crippen LogP contribution in [0.3, 0.4) is 0 Å². The van der Waals surface area contributed by atoms with Crippen LogP contribution in [0.4, 0.5) is 0 Å². The Kier molecular flexibility index (Phi) is 4.49. The van der Waals surface area contributed by atoms with Crippen LogP contribution >= 0.6 is 0 Å². The van der Waals surface area contributed by atoms with Crippen molar-refractivity contribution in [1.82, 2.24) is 14.9 Å². The van der Waals surface area contributed by atoms with Crippen molar-refractivity contribution in [2.24, 2.45) is 5.10 Å². The summed E-state index contributed by atoms with van der Waals surface area (Å²) in [5, 5.41) is 11.5. The molecule has 100 valence electrons. The standard InChI is InChI=1S/C13H16N4O2/c1-3-6-19-12-5-4-11(7-13(12)18-2)8-16-17-9-14-15-10-17/h4-5,7-10H,3,6H2,1-2H3/b16-8+. The fourth-order valence-electron chi connectivity index (χ4n) is 1.48. The molecule has 0 aliphatic rings. The zero-order valence-corrected chi connectivity index (χ0v) is 11.0. The van der Waals surface area contributed by atoms with Crippen molar-refractivity contribution in [3.05, 3.63) is 36.4 Å². The van der Waals surface area contributed by atoms with Crippen LogP contribution in [0.1, 0.15) is 18.9 Å². The summed E-state index contributed by atoms with van der Waals surface area (Å²) in [5.74, 6) is 1.44. The molecule has 0 aliphatic heterocycles. The first-order chi connectivity index (χ1) is 9.33. The third-order valence-corrected chi connectivity index (χ3v) is 2.40. The smallest absolute Gasteiger partial charge is 0.161 e. The minimum absolute atomic E-state index is 0.671. The van der Waals surface area contributed by atoms with E-state index in [2.05, 4.69) is 22.2 Å². The summed E-state index contributed by atoms with van der Waals surface area (Å²) in [7, 11) is 1.62. The normalized spacial score (nSPS) is 10.8. The van der Waals surface area contributed by atoms with Gasteiger partial charge in [-0.2, -0.15) is 5.10 Å². The molecule has 2 rings (SSSR count). The van der Waals surface area contributed by atoms with E-state index < -0.39 is 0 Å². The quantitative estimate of drug-likeness (QED) is 0.745. The van der Waals surface area contributed by atoms with Gasteiger partial charge >= 0.3 is 0 Å². The van der Waals surface area contributed by atoms with Crippen molar-refractivity contribution < 1.29 is 9.47 Å². The van der Waals surface area contributed by atoms with Gasteiger partial charge < -0.3 is 9.47 Å². The molecule has 0 radical (unpaired) electrons. The highest BCUT2D eigenvalue weighted by atomic mass is 16.5. The van der Waals surface area contributed by atoms with Gasteiger partial charge in [-0.1, -0.05) is 6.92 Å². The van der Waals surface area contributed by atoms with E-state index in [1.54, 1.807) is 13.3 Å². The van der Waals surface area contributed by atoms with Crippen LogP contribution in [0.5, 0.6) is 11.5 Å². The number of hydrogen-bond donors (Lipinski definition) is 0. The molecule has 6 heteroatoms. The lowest BCUT2D eigenvalue weighted by molar-refractivity contribution is 0.294. The lowest BCUT2D eigenvalue weighted by Gasteiger charge is -2.10. The van der Waals surface area contributed by atoms with E-state index in [9.17, 15) is 0 Å². The summed E-state index contributed by atoms with van der Waals surface area (Å²) in [5.41, 5.74) is 0.911. The Balaban J connectivity index is 2.14. The zero-order chi connectivity index (χ0) is 13.5. The van der Waals surface area contributed by atoms with E-state index in [1.165, 1.54) is 17.3 Å². The number of hydrogen-bond acceptors (Lipinski definition) is 5. The lowest BCUT2D eigenvalue weighted by atomic mass is 10.2. The molecular formula is C13H16N4O2. The van der Waals surface area contributed by atoms with Gasteiger partial charge in [-0.25, -0.2) is 4.68 Å². The highest BCUT2D eigenvalue weighted by Gasteiger charge is 2.04. The second kappa shape index (κ2) is 6.53. The molecule has 1 heterocycles. The number of benzene rings is 1. The largest absolute Gasteiger partial charge is 0.493 e. The summed E-state index contributed by atoms with van der Waals surface area (Å²) in [6.07, 6.45) is 5.70. The topological polar surface area (TPSA) is 61.5 Å². The molecule has 0 saturated heterocycles. The molecule has 0 saturated carbocycles. The van der Waals surface area contributed by atoms with Crippen LogP contribution in [-0.4, -0.2) is 34.8 Å². The van der Waals surface area contributed by atoms with Crippen molar-refractivity contribution in [3.63, 3.8) is 0 Å². The molecule has 0 amide bonds.